The summed E-state index contributed by atoms with van der Waals surface area (Å²) in [6.45, 7) is 15.1. The van der Waals surface area contributed by atoms with Gasteiger partial charge in [-0.05, 0) is 42.9 Å². The number of hydrogen-bond donors (Lipinski definition) is 0. The Morgan fingerprint density at radius 1 is 1.12 bits per heavy atom. The molecule has 0 heterocycles. The average Bonchev–Trinajstić information content (AvgIpc) is 2.53. The lowest BCUT2D eigenvalue weighted by Gasteiger charge is -2.36. The van der Waals surface area contributed by atoms with Crippen LogP contribution in [-0.2, 0) is 11.2 Å². The van der Waals surface area contributed by atoms with Crippen LogP contribution in [0, 0.1) is 11.3 Å². The first-order valence-electron chi connectivity index (χ1n) is 9.64. The summed E-state index contributed by atoms with van der Waals surface area (Å²) >= 11 is 0. The number of benzene rings is 1. The van der Waals surface area contributed by atoms with Crippen molar-refractivity contribution in [1.82, 2.24) is 0 Å². The summed E-state index contributed by atoms with van der Waals surface area (Å²) in [6.07, 6.45) is 5.68. The monoisotopic (exact) mass is 331 g/mol. The maximum Gasteiger partial charge on any atom is 0.230 e. The molecule has 1 amide bonds. The van der Waals surface area contributed by atoms with Gasteiger partial charge < -0.3 is 4.90 Å². The van der Waals surface area contributed by atoms with Crippen LogP contribution >= 0.6 is 0 Å². The Morgan fingerprint density at radius 3 is 2.33 bits per heavy atom. The third-order valence-corrected chi connectivity index (χ3v) is 5.17. The molecule has 0 aromatic heterocycles. The summed E-state index contributed by atoms with van der Waals surface area (Å²) in [6, 6.07) is 8.73. The van der Waals surface area contributed by atoms with E-state index in [-0.39, 0.29) is 23.3 Å². The van der Waals surface area contributed by atoms with Crippen LogP contribution in [0.25, 0.3) is 0 Å². The second-order valence-corrected chi connectivity index (χ2v) is 8.16. The first kappa shape index (κ1) is 20.7. The van der Waals surface area contributed by atoms with E-state index in [4.69, 9.17) is 0 Å². The molecule has 2 nitrogen and oxygen atoms in total. The second kappa shape index (κ2) is 9.25. The lowest BCUT2D eigenvalue weighted by molar-refractivity contribution is -0.125. The SMILES string of the molecule is CCCCCC(C)N(C(=O)C(C)C(C)(C)C)c1cccc(CC)c1. The first-order valence-corrected chi connectivity index (χ1v) is 9.64. The zero-order valence-electron chi connectivity index (χ0n) is 16.9. The predicted molar refractivity (Wildman–Crippen MR) is 106 cm³/mol. The number of carbonyl (C=O) groups excluding carboxylic acids is 1. The molecule has 2 unspecified atom stereocenters. The van der Waals surface area contributed by atoms with E-state index in [1.165, 1.54) is 24.8 Å². The van der Waals surface area contributed by atoms with Crippen molar-refractivity contribution in [2.75, 3.05) is 4.90 Å². The van der Waals surface area contributed by atoms with E-state index in [1.54, 1.807) is 0 Å². The predicted octanol–water partition coefficient (Wildman–Crippen LogP) is 6.23. The third-order valence-electron chi connectivity index (χ3n) is 5.17. The molecular formula is C22H37NO. The molecule has 24 heavy (non-hydrogen) atoms. The van der Waals surface area contributed by atoms with Gasteiger partial charge in [-0.25, -0.2) is 0 Å². The van der Waals surface area contributed by atoms with Gasteiger partial charge in [0, 0.05) is 17.6 Å². The highest BCUT2D eigenvalue weighted by Crippen LogP contribution is 2.31. The van der Waals surface area contributed by atoms with Crippen molar-refractivity contribution < 1.29 is 4.79 Å². The van der Waals surface area contributed by atoms with Crippen LogP contribution < -0.4 is 4.90 Å². The Kier molecular flexibility index (Phi) is 7.99. The number of amides is 1. The zero-order chi connectivity index (χ0) is 18.3. The van der Waals surface area contributed by atoms with Crippen molar-refractivity contribution in [2.45, 2.75) is 86.6 Å². The van der Waals surface area contributed by atoms with Crippen molar-refractivity contribution in [2.24, 2.45) is 11.3 Å². The van der Waals surface area contributed by atoms with Crippen molar-refractivity contribution in [3.63, 3.8) is 0 Å². The molecule has 0 fully saturated rings. The van der Waals surface area contributed by atoms with Crippen molar-refractivity contribution in [3.8, 4) is 0 Å². The minimum Gasteiger partial charge on any atom is -0.309 e. The minimum atomic E-state index is -0.0269. The summed E-state index contributed by atoms with van der Waals surface area (Å²) in [7, 11) is 0. The molecule has 0 aliphatic heterocycles. The molecule has 0 radical (unpaired) electrons. The van der Waals surface area contributed by atoms with Gasteiger partial charge in [0.2, 0.25) is 5.91 Å². The quantitative estimate of drug-likeness (QED) is 0.517. The first-order chi connectivity index (χ1) is 11.2. The molecule has 0 bridgehead atoms. The van der Waals surface area contributed by atoms with Gasteiger partial charge >= 0.3 is 0 Å². The number of aryl methyl sites for hydroxylation is 1. The number of anilines is 1. The number of unbranched alkanes of at least 4 members (excludes halogenated alkanes) is 2. The molecule has 2 heteroatoms. The average molecular weight is 332 g/mol. The summed E-state index contributed by atoms with van der Waals surface area (Å²) in [5.74, 6) is 0.246. The Morgan fingerprint density at radius 2 is 1.79 bits per heavy atom. The van der Waals surface area contributed by atoms with Gasteiger partial charge in [0.05, 0.1) is 0 Å². The van der Waals surface area contributed by atoms with Crippen molar-refractivity contribution in [1.29, 1.82) is 0 Å². The van der Waals surface area contributed by atoms with Gasteiger partial charge in [0.15, 0.2) is 0 Å². The van der Waals surface area contributed by atoms with E-state index in [9.17, 15) is 4.79 Å². The summed E-state index contributed by atoms with van der Waals surface area (Å²) in [4.78, 5) is 15.4. The standard InChI is InChI=1S/C22H37NO/c1-8-10-11-13-17(3)23(21(24)18(4)22(5,6)7)20-15-12-14-19(9-2)16-20/h12,14-18H,8-11,13H2,1-7H3. The van der Waals surface area contributed by atoms with Gasteiger partial charge in [0.1, 0.15) is 0 Å². The number of carbonyl (C=O) groups is 1. The Labute approximate surface area is 149 Å². The summed E-state index contributed by atoms with van der Waals surface area (Å²) in [5.41, 5.74) is 2.31. The third kappa shape index (κ3) is 5.65. The highest BCUT2D eigenvalue weighted by Gasteiger charge is 2.33. The maximum atomic E-state index is 13.3. The molecule has 0 aliphatic carbocycles. The number of nitrogens with zero attached hydrogens (tertiary/aromatic N) is 1. The lowest BCUT2D eigenvalue weighted by Crippen LogP contribution is -2.45. The summed E-state index contributed by atoms with van der Waals surface area (Å²) in [5, 5.41) is 0. The van der Waals surface area contributed by atoms with E-state index >= 15 is 0 Å². The fourth-order valence-electron chi connectivity index (χ4n) is 2.92. The second-order valence-electron chi connectivity index (χ2n) is 8.16. The maximum absolute atomic E-state index is 13.3. The van der Waals surface area contributed by atoms with Crippen LogP contribution in [0.1, 0.15) is 79.7 Å². The van der Waals surface area contributed by atoms with Gasteiger partial charge in [-0.15, -0.1) is 0 Å². The molecule has 0 spiro atoms. The normalized spacial score (nSPS) is 14.3. The van der Waals surface area contributed by atoms with Crippen LogP contribution in [0.15, 0.2) is 24.3 Å². The fourth-order valence-corrected chi connectivity index (χ4v) is 2.92. The van der Waals surface area contributed by atoms with E-state index < -0.39 is 0 Å². The van der Waals surface area contributed by atoms with E-state index in [0.717, 1.165) is 18.5 Å². The van der Waals surface area contributed by atoms with Crippen molar-refractivity contribution in [3.05, 3.63) is 29.8 Å². The van der Waals surface area contributed by atoms with Crippen molar-refractivity contribution >= 4 is 11.6 Å². The summed E-state index contributed by atoms with van der Waals surface area (Å²) < 4.78 is 0. The van der Waals surface area contributed by atoms with Gasteiger partial charge in [-0.1, -0.05) is 72.9 Å². The molecule has 0 saturated heterocycles. The van der Waals surface area contributed by atoms with E-state index in [2.05, 4.69) is 77.6 Å². The van der Waals surface area contributed by atoms with E-state index in [0.29, 0.717) is 0 Å². The molecule has 1 aromatic carbocycles. The highest BCUT2D eigenvalue weighted by atomic mass is 16.2. The minimum absolute atomic E-state index is 0.00333. The van der Waals surface area contributed by atoms with Gasteiger partial charge in [-0.2, -0.15) is 0 Å². The molecule has 1 aromatic rings. The Hall–Kier alpha value is -1.31. The van der Waals surface area contributed by atoms with Gasteiger partial charge in [-0.3, -0.25) is 4.79 Å². The lowest BCUT2D eigenvalue weighted by atomic mass is 9.81. The molecule has 0 aliphatic rings. The molecule has 1 rings (SSSR count). The number of hydrogen-bond acceptors (Lipinski definition) is 1. The molecular weight excluding hydrogens is 294 g/mol. The van der Waals surface area contributed by atoms with Crippen LogP contribution in [-0.4, -0.2) is 11.9 Å². The largest absolute Gasteiger partial charge is 0.309 e. The topological polar surface area (TPSA) is 20.3 Å². The highest BCUT2D eigenvalue weighted by molar-refractivity contribution is 5.95. The Balaban J connectivity index is 3.12. The van der Waals surface area contributed by atoms with E-state index in [1.807, 2.05) is 0 Å². The molecule has 2 atom stereocenters. The fraction of sp³-hybridized carbons (Fsp3) is 0.682. The smallest absolute Gasteiger partial charge is 0.230 e. The molecule has 0 saturated carbocycles. The van der Waals surface area contributed by atoms with Crippen LogP contribution in [0.3, 0.4) is 0 Å². The van der Waals surface area contributed by atoms with Crippen LogP contribution in [0.2, 0.25) is 0 Å². The number of rotatable bonds is 8. The zero-order valence-corrected chi connectivity index (χ0v) is 16.9. The molecule has 136 valence electrons. The van der Waals surface area contributed by atoms with Crippen LogP contribution in [0.5, 0.6) is 0 Å². The van der Waals surface area contributed by atoms with Gasteiger partial charge in [0.25, 0.3) is 0 Å². The van der Waals surface area contributed by atoms with Crippen LogP contribution in [0.4, 0.5) is 5.69 Å². The Bertz CT molecular complexity index is 515. The molecule has 0 N–H and O–H groups in total.